The maximum atomic E-state index is 11.7. The fourth-order valence-electron chi connectivity index (χ4n) is 3.04. The highest BCUT2D eigenvalue weighted by molar-refractivity contribution is 5.83. The van der Waals surface area contributed by atoms with Gasteiger partial charge in [0.05, 0.1) is 12.5 Å². The van der Waals surface area contributed by atoms with E-state index in [1.165, 1.54) is 7.11 Å². The molecule has 2 heteroatoms. The SMILES string of the molecule is COC(=O)[C@]12CC=CC[C@H]1C2(C)C. The highest BCUT2D eigenvalue weighted by atomic mass is 16.5. The summed E-state index contributed by atoms with van der Waals surface area (Å²) in [5.41, 5.74) is -0.0694. The molecule has 0 amide bonds. The Morgan fingerprint density at radius 3 is 2.69 bits per heavy atom. The molecule has 2 aliphatic carbocycles. The van der Waals surface area contributed by atoms with E-state index in [-0.39, 0.29) is 16.8 Å². The fraction of sp³-hybridized carbons (Fsp3) is 0.727. The van der Waals surface area contributed by atoms with Crippen molar-refractivity contribution in [3.05, 3.63) is 12.2 Å². The van der Waals surface area contributed by atoms with E-state index in [9.17, 15) is 4.79 Å². The number of methoxy groups -OCH3 is 1. The van der Waals surface area contributed by atoms with Gasteiger partial charge >= 0.3 is 5.97 Å². The molecule has 0 N–H and O–H groups in total. The van der Waals surface area contributed by atoms with Crippen molar-refractivity contribution in [2.45, 2.75) is 26.7 Å². The van der Waals surface area contributed by atoms with Crippen molar-refractivity contribution in [2.24, 2.45) is 16.7 Å². The van der Waals surface area contributed by atoms with E-state index < -0.39 is 0 Å². The van der Waals surface area contributed by atoms with E-state index in [1.54, 1.807) is 0 Å². The van der Waals surface area contributed by atoms with Gasteiger partial charge in [0.1, 0.15) is 0 Å². The molecule has 0 spiro atoms. The molecule has 2 rings (SSSR count). The summed E-state index contributed by atoms with van der Waals surface area (Å²) in [4.78, 5) is 11.7. The van der Waals surface area contributed by atoms with Crippen LogP contribution in [0.2, 0.25) is 0 Å². The minimum Gasteiger partial charge on any atom is -0.469 e. The molecular formula is C11H16O2. The van der Waals surface area contributed by atoms with Crippen molar-refractivity contribution < 1.29 is 9.53 Å². The zero-order chi connectivity index (χ0) is 9.69. The molecule has 0 unspecified atom stereocenters. The third-order valence-electron chi connectivity index (χ3n) is 4.06. The Kier molecular flexibility index (Phi) is 1.60. The number of carbonyl (C=O) groups excluding carboxylic acids is 1. The van der Waals surface area contributed by atoms with Gasteiger partial charge in [-0.15, -0.1) is 0 Å². The molecule has 2 aliphatic rings. The van der Waals surface area contributed by atoms with Crippen molar-refractivity contribution in [3.8, 4) is 0 Å². The van der Waals surface area contributed by atoms with Crippen LogP contribution in [0, 0.1) is 16.7 Å². The lowest BCUT2D eigenvalue weighted by Gasteiger charge is -2.17. The van der Waals surface area contributed by atoms with Crippen LogP contribution in [-0.2, 0) is 9.53 Å². The molecule has 0 heterocycles. The van der Waals surface area contributed by atoms with Crippen LogP contribution in [0.25, 0.3) is 0 Å². The largest absolute Gasteiger partial charge is 0.469 e. The number of esters is 1. The van der Waals surface area contributed by atoms with Gasteiger partial charge < -0.3 is 4.74 Å². The third kappa shape index (κ3) is 0.812. The Balaban J connectivity index is 2.31. The smallest absolute Gasteiger partial charge is 0.312 e. The van der Waals surface area contributed by atoms with Gasteiger partial charge in [0, 0.05) is 0 Å². The van der Waals surface area contributed by atoms with Crippen LogP contribution in [0.3, 0.4) is 0 Å². The molecule has 1 fully saturated rings. The van der Waals surface area contributed by atoms with Gasteiger partial charge in [0.2, 0.25) is 0 Å². The number of allylic oxidation sites excluding steroid dienone is 2. The summed E-state index contributed by atoms with van der Waals surface area (Å²) in [6, 6.07) is 0. The summed E-state index contributed by atoms with van der Waals surface area (Å²) in [6.07, 6.45) is 6.18. The van der Waals surface area contributed by atoms with Crippen LogP contribution in [0.4, 0.5) is 0 Å². The Labute approximate surface area is 79.0 Å². The van der Waals surface area contributed by atoms with Gasteiger partial charge in [-0.1, -0.05) is 26.0 Å². The molecule has 0 radical (unpaired) electrons. The normalized spacial score (nSPS) is 39.5. The molecule has 1 saturated carbocycles. The van der Waals surface area contributed by atoms with E-state index in [2.05, 4.69) is 26.0 Å². The van der Waals surface area contributed by atoms with E-state index in [4.69, 9.17) is 4.74 Å². The number of carbonyl (C=O) groups is 1. The average Bonchev–Trinajstić information content (AvgIpc) is 2.65. The van der Waals surface area contributed by atoms with Crippen LogP contribution in [0.1, 0.15) is 26.7 Å². The van der Waals surface area contributed by atoms with Crippen molar-refractivity contribution >= 4 is 5.97 Å². The lowest BCUT2D eigenvalue weighted by atomic mass is 9.90. The summed E-state index contributed by atoms with van der Waals surface area (Å²) in [5.74, 6) is 0.476. The molecule has 2 atom stereocenters. The van der Waals surface area contributed by atoms with Crippen molar-refractivity contribution in [3.63, 3.8) is 0 Å². The van der Waals surface area contributed by atoms with Crippen molar-refractivity contribution in [1.82, 2.24) is 0 Å². The highest BCUT2D eigenvalue weighted by Crippen LogP contribution is 2.73. The molecule has 0 bridgehead atoms. The van der Waals surface area contributed by atoms with E-state index in [0.29, 0.717) is 5.92 Å². The molecule has 0 aliphatic heterocycles. The number of fused-ring (bicyclic) bond motifs is 1. The first-order valence-electron chi connectivity index (χ1n) is 4.81. The van der Waals surface area contributed by atoms with E-state index in [1.807, 2.05) is 0 Å². The first kappa shape index (κ1) is 8.79. The Morgan fingerprint density at radius 1 is 1.46 bits per heavy atom. The molecular weight excluding hydrogens is 164 g/mol. The minimum atomic E-state index is -0.198. The van der Waals surface area contributed by atoms with E-state index in [0.717, 1.165) is 12.8 Å². The average molecular weight is 180 g/mol. The zero-order valence-electron chi connectivity index (χ0n) is 8.46. The molecule has 72 valence electrons. The third-order valence-corrected chi connectivity index (χ3v) is 4.06. The van der Waals surface area contributed by atoms with Crippen molar-refractivity contribution in [2.75, 3.05) is 7.11 Å². The van der Waals surface area contributed by atoms with Crippen LogP contribution in [-0.4, -0.2) is 13.1 Å². The van der Waals surface area contributed by atoms with Crippen LogP contribution in [0.15, 0.2) is 12.2 Å². The molecule has 2 nitrogen and oxygen atoms in total. The number of rotatable bonds is 1. The fourth-order valence-corrected chi connectivity index (χ4v) is 3.04. The maximum Gasteiger partial charge on any atom is 0.312 e. The quantitative estimate of drug-likeness (QED) is 0.456. The Bertz CT molecular complexity index is 278. The van der Waals surface area contributed by atoms with Gasteiger partial charge in [0.15, 0.2) is 0 Å². The van der Waals surface area contributed by atoms with E-state index >= 15 is 0 Å². The summed E-state index contributed by atoms with van der Waals surface area (Å²) in [6.45, 7) is 4.34. The maximum absolute atomic E-state index is 11.7. The van der Waals surface area contributed by atoms with Crippen LogP contribution < -0.4 is 0 Å². The van der Waals surface area contributed by atoms with Crippen LogP contribution >= 0.6 is 0 Å². The second-order valence-electron chi connectivity index (χ2n) is 4.65. The van der Waals surface area contributed by atoms with Gasteiger partial charge in [-0.25, -0.2) is 0 Å². The Morgan fingerprint density at radius 2 is 2.15 bits per heavy atom. The number of hydrogen-bond acceptors (Lipinski definition) is 2. The van der Waals surface area contributed by atoms with Gasteiger partial charge in [-0.3, -0.25) is 4.79 Å². The molecule has 0 aromatic rings. The van der Waals surface area contributed by atoms with Gasteiger partial charge in [-0.2, -0.15) is 0 Å². The second-order valence-corrected chi connectivity index (χ2v) is 4.65. The lowest BCUT2D eigenvalue weighted by molar-refractivity contribution is -0.149. The molecule has 0 aromatic carbocycles. The van der Waals surface area contributed by atoms with Crippen molar-refractivity contribution in [1.29, 1.82) is 0 Å². The topological polar surface area (TPSA) is 26.3 Å². The lowest BCUT2D eigenvalue weighted by Crippen LogP contribution is -2.23. The van der Waals surface area contributed by atoms with Gasteiger partial charge in [-0.05, 0) is 24.2 Å². The summed E-state index contributed by atoms with van der Waals surface area (Å²) in [5, 5.41) is 0. The monoisotopic (exact) mass is 180 g/mol. The molecule has 0 saturated heterocycles. The van der Waals surface area contributed by atoms with Gasteiger partial charge in [0.25, 0.3) is 0 Å². The number of hydrogen-bond donors (Lipinski definition) is 0. The summed E-state index contributed by atoms with van der Waals surface area (Å²) < 4.78 is 4.90. The second kappa shape index (κ2) is 2.37. The highest BCUT2D eigenvalue weighted by Gasteiger charge is 2.75. The molecule has 13 heavy (non-hydrogen) atoms. The predicted octanol–water partition coefficient (Wildman–Crippen LogP) is 2.15. The first-order chi connectivity index (χ1) is 6.07. The first-order valence-corrected chi connectivity index (χ1v) is 4.81. The van der Waals surface area contributed by atoms with Crippen LogP contribution in [0.5, 0.6) is 0 Å². The Hall–Kier alpha value is -0.790. The summed E-state index contributed by atoms with van der Waals surface area (Å²) in [7, 11) is 1.49. The predicted molar refractivity (Wildman–Crippen MR) is 50.1 cm³/mol. The number of ether oxygens (including phenoxy) is 1. The summed E-state index contributed by atoms with van der Waals surface area (Å²) >= 11 is 0. The molecule has 0 aromatic heterocycles. The minimum absolute atomic E-state index is 0.0214. The standard InChI is InChI=1S/C11H16O2/c1-10(2)8-6-4-5-7-11(8,10)9(12)13-3/h4-5,8H,6-7H2,1-3H3/t8-,11-/m0/s1. The zero-order valence-corrected chi connectivity index (χ0v) is 8.46.